The van der Waals surface area contributed by atoms with Crippen molar-refractivity contribution in [1.82, 2.24) is 14.9 Å². The first kappa shape index (κ1) is 15.8. The number of hydrogen-bond acceptors (Lipinski definition) is 5. The number of imidazole rings is 1. The van der Waals surface area contributed by atoms with Crippen LogP contribution in [0.5, 0.6) is 0 Å². The fourth-order valence-corrected chi connectivity index (χ4v) is 4.11. The van der Waals surface area contributed by atoms with Gasteiger partial charge in [0.1, 0.15) is 10.7 Å². The summed E-state index contributed by atoms with van der Waals surface area (Å²) in [4.78, 5) is 35.3. The van der Waals surface area contributed by atoms with Crippen LogP contribution in [-0.4, -0.2) is 40.4 Å². The highest BCUT2D eigenvalue weighted by molar-refractivity contribution is 7.15. The molecule has 1 aromatic carbocycles. The molecule has 0 aliphatic carbocycles. The third kappa shape index (κ3) is 2.80. The quantitative estimate of drug-likeness (QED) is 0.731. The van der Waals surface area contributed by atoms with Crippen molar-refractivity contribution in [3.63, 3.8) is 0 Å². The first-order chi connectivity index (χ1) is 12.2. The molecule has 25 heavy (non-hydrogen) atoms. The van der Waals surface area contributed by atoms with Crippen molar-refractivity contribution < 1.29 is 14.3 Å². The van der Waals surface area contributed by atoms with Gasteiger partial charge in [-0.1, -0.05) is 12.1 Å². The number of benzene rings is 1. The topological polar surface area (TPSA) is 75.3 Å². The molecule has 0 radical (unpaired) electrons. The summed E-state index contributed by atoms with van der Waals surface area (Å²) in [5.41, 5.74) is 1.88. The number of aromatic nitrogens is 2. The number of carbonyl (C=O) groups excluding carboxylic acids is 2. The first-order valence-electron chi connectivity index (χ1n) is 8.11. The molecule has 1 amide bonds. The van der Waals surface area contributed by atoms with Gasteiger partial charge in [-0.15, -0.1) is 11.3 Å². The average molecular weight is 355 g/mol. The number of H-pyrrole nitrogens is 1. The molecule has 0 spiro atoms. The van der Waals surface area contributed by atoms with Gasteiger partial charge in [0.25, 0.3) is 5.91 Å². The van der Waals surface area contributed by atoms with E-state index in [1.165, 1.54) is 18.4 Å². The maximum atomic E-state index is 12.9. The largest absolute Gasteiger partial charge is 0.465 e. The number of rotatable bonds is 3. The summed E-state index contributed by atoms with van der Waals surface area (Å²) in [5.74, 6) is 0.333. The lowest BCUT2D eigenvalue weighted by Gasteiger charge is -2.22. The molecular weight excluding hydrogens is 338 g/mol. The Kier molecular flexibility index (Phi) is 4.01. The van der Waals surface area contributed by atoms with Crippen LogP contribution >= 0.6 is 11.3 Å². The van der Waals surface area contributed by atoms with Crippen LogP contribution in [0.25, 0.3) is 11.0 Å². The van der Waals surface area contributed by atoms with Crippen LogP contribution in [0.1, 0.15) is 44.1 Å². The summed E-state index contributed by atoms with van der Waals surface area (Å²) >= 11 is 1.17. The Balaban J connectivity index is 1.61. The van der Waals surface area contributed by atoms with Crippen molar-refractivity contribution in [2.75, 3.05) is 13.7 Å². The Hall–Kier alpha value is -2.67. The summed E-state index contributed by atoms with van der Waals surface area (Å²) in [6.07, 6.45) is 1.81. The Morgan fingerprint density at radius 2 is 2.04 bits per heavy atom. The minimum atomic E-state index is -0.417. The molecule has 1 N–H and O–H groups in total. The van der Waals surface area contributed by atoms with Crippen LogP contribution in [0.4, 0.5) is 0 Å². The number of aromatic amines is 1. The highest BCUT2D eigenvalue weighted by Gasteiger charge is 2.33. The predicted molar refractivity (Wildman–Crippen MR) is 94.8 cm³/mol. The smallest absolute Gasteiger partial charge is 0.348 e. The molecule has 1 saturated heterocycles. The second-order valence-corrected chi connectivity index (χ2v) is 7.04. The van der Waals surface area contributed by atoms with E-state index in [1.807, 2.05) is 29.2 Å². The molecule has 1 fully saturated rings. The van der Waals surface area contributed by atoms with Gasteiger partial charge in [-0.2, -0.15) is 0 Å². The second-order valence-electron chi connectivity index (χ2n) is 5.95. The van der Waals surface area contributed by atoms with Crippen LogP contribution in [0, 0.1) is 0 Å². The number of likely N-dealkylation sites (tertiary alicyclic amines) is 1. The highest BCUT2D eigenvalue weighted by atomic mass is 32.1. The predicted octanol–water partition coefficient (Wildman–Crippen LogP) is 3.39. The lowest BCUT2D eigenvalue weighted by Crippen LogP contribution is -2.30. The third-order valence-electron chi connectivity index (χ3n) is 4.44. The molecule has 1 unspecified atom stereocenters. The standard InChI is InChI=1S/C18H17N3O3S/c1-24-18(23)15-9-8-14(25-15)17(22)21-10-4-7-13(21)16-19-11-5-2-3-6-12(11)20-16/h2-3,5-6,8-9,13H,4,7,10H2,1H3,(H,19,20). The number of esters is 1. The Morgan fingerprint density at radius 3 is 2.84 bits per heavy atom. The van der Waals surface area contributed by atoms with Gasteiger partial charge in [0, 0.05) is 6.54 Å². The zero-order valence-electron chi connectivity index (χ0n) is 13.7. The maximum Gasteiger partial charge on any atom is 0.348 e. The van der Waals surface area contributed by atoms with Crippen LogP contribution in [0.15, 0.2) is 36.4 Å². The molecule has 6 nitrogen and oxygen atoms in total. The Labute approximate surface area is 148 Å². The normalized spacial score (nSPS) is 17.2. The summed E-state index contributed by atoms with van der Waals surface area (Å²) in [7, 11) is 1.33. The van der Waals surface area contributed by atoms with Gasteiger partial charge in [-0.25, -0.2) is 9.78 Å². The molecule has 128 valence electrons. The van der Waals surface area contributed by atoms with Gasteiger partial charge in [0.05, 0.1) is 29.1 Å². The van der Waals surface area contributed by atoms with Crippen molar-refractivity contribution in [1.29, 1.82) is 0 Å². The number of amides is 1. The number of carbonyl (C=O) groups is 2. The van der Waals surface area contributed by atoms with Crippen molar-refractivity contribution in [2.45, 2.75) is 18.9 Å². The number of fused-ring (bicyclic) bond motifs is 1. The van der Waals surface area contributed by atoms with Gasteiger partial charge in [-0.05, 0) is 37.1 Å². The number of para-hydroxylation sites is 2. The number of hydrogen-bond donors (Lipinski definition) is 1. The zero-order valence-corrected chi connectivity index (χ0v) is 14.5. The van der Waals surface area contributed by atoms with E-state index < -0.39 is 5.97 Å². The first-order valence-corrected chi connectivity index (χ1v) is 8.93. The van der Waals surface area contributed by atoms with Gasteiger partial charge in [0.15, 0.2) is 0 Å². The average Bonchev–Trinajstić information content (AvgIpc) is 3.38. The monoisotopic (exact) mass is 355 g/mol. The molecule has 3 heterocycles. The fraction of sp³-hybridized carbons (Fsp3) is 0.278. The van der Waals surface area contributed by atoms with Gasteiger partial charge in [0.2, 0.25) is 0 Å². The van der Waals surface area contributed by atoms with Crippen molar-refractivity contribution >= 4 is 34.2 Å². The molecule has 4 rings (SSSR count). The van der Waals surface area contributed by atoms with Gasteiger partial charge >= 0.3 is 5.97 Å². The molecule has 0 saturated carbocycles. The van der Waals surface area contributed by atoms with E-state index >= 15 is 0 Å². The molecular formula is C18H17N3O3S. The van der Waals surface area contributed by atoms with E-state index in [4.69, 9.17) is 4.74 Å². The lowest BCUT2D eigenvalue weighted by atomic mass is 10.2. The zero-order chi connectivity index (χ0) is 17.4. The van der Waals surface area contributed by atoms with E-state index in [1.54, 1.807) is 12.1 Å². The molecule has 2 aromatic heterocycles. The Bertz CT molecular complexity index is 913. The molecule has 1 atom stereocenters. The Morgan fingerprint density at radius 1 is 1.24 bits per heavy atom. The second kappa shape index (κ2) is 6.33. The number of nitrogens with one attached hydrogen (secondary N) is 1. The fourth-order valence-electron chi connectivity index (χ4n) is 3.23. The number of thiophene rings is 1. The van der Waals surface area contributed by atoms with E-state index in [9.17, 15) is 9.59 Å². The van der Waals surface area contributed by atoms with E-state index in [2.05, 4.69) is 9.97 Å². The van der Waals surface area contributed by atoms with Crippen molar-refractivity contribution in [3.8, 4) is 0 Å². The van der Waals surface area contributed by atoms with Crippen LogP contribution in [-0.2, 0) is 4.74 Å². The van der Waals surface area contributed by atoms with E-state index in [0.717, 1.165) is 29.7 Å². The van der Waals surface area contributed by atoms with Crippen LogP contribution < -0.4 is 0 Å². The molecule has 1 aliphatic heterocycles. The number of methoxy groups -OCH3 is 1. The van der Waals surface area contributed by atoms with Crippen LogP contribution in [0.2, 0.25) is 0 Å². The summed E-state index contributed by atoms with van der Waals surface area (Å²) in [6.45, 7) is 0.687. The van der Waals surface area contributed by atoms with Crippen LogP contribution in [0.3, 0.4) is 0 Å². The lowest BCUT2D eigenvalue weighted by molar-refractivity contribution is 0.0606. The summed E-state index contributed by atoms with van der Waals surface area (Å²) in [6, 6.07) is 11.1. The summed E-state index contributed by atoms with van der Waals surface area (Å²) < 4.78 is 4.71. The van der Waals surface area contributed by atoms with Crippen molar-refractivity contribution in [3.05, 3.63) is 52.0 Å². The summed E-state index contributed by atoms with van der Waals surface area (Å²) in [5, 5.41) is 0. The third-order valence-corrected chi connectivity index (χ3v) is 5.49. The highest BCUT2D eigenvalue weighted by Crippen LogP contribution is 2.33. The molecule has 0 bridgehead atoms. The van der Waals surface area contributed by atoms with Crippen molar-refractivity contribution in [2.24, 2.45) is 0 Å². The number of ether oxygens (including phenoxy) is 1. The molecule has 3 aromatic rings. The number of nitrogens with zero attached hydrogens (tertiary/aromatic N) is 2. The SMILES string of the molecule is COC(=O)c1ccc(C(=O)N2CCCC2c2nc3ccccc3[nH]2)s1. The molecule has 1 aliphatic rings. The van der Waals surface area contributed by atoms with E-state index in [0.29, 0.717) is 16.3 Å². The minimum absolute atomic E-state index is 0.0661. The van der Waals surface area contributed by atoms with Gasteiger partial charge < -0.3 is 14.6 Å². The molecule has 7 heteroatoms. The maximum absolute atomic E-state index is 12.9. The van der Waals surface area contributed by atoms with Gasteiger partial charge in [-0.3, -0.25) is 4.79 Å². The minimum Gasteiger partial charge on any atom is -0.465 e. The van der Waals surface area contributed by atoms with E-state index in [-0.39, 0.29) is 11.9 Å².